The minimum Gasteiger partial charge on any atom is -0.311 e. The molecule has 0 amide bonds. The van der Waals surface area contributed by atoms with E-state index in [0.717, 1.165) is 23.5 Å². The van der Waals surface area contributed by atoms with E-state index < -0.39 is 0 Å². The Bertz CT molecular complexity index is 3630. The molecule has 10 aromatic rings. The second kappa shape index (κ2) is 26.0. The summed E-state index contributed by atoms with van der Waals surface area (Å²) in [7, 11) is 0. The maximum Gasteiger partial charge on any atom is 0.0541 e. The summed E-state index contributed by atoms with van der Waals surface area (Å²) >= 11 is 0. The van der Waals surface area contributed by atoms with Gasteiger partial charge in [-0.3, -0.25) is 0 Å². The van der Waals surface area contributed by atoms with E-state index >= 15 is 0 Å². The first-order valence-electron chi connectivity index (χ1n) is 31.4. The van der Waals surface area contributed by atoms with Crippen molar-refractivity contribution >= 4 is 38.9 Å². The molecule has 412 valence electrons. The van der Waals surface area contributed by atoms with Gasteiger partial charge in [-0.1, -0.05) is 256 Å². The molecule has 0 atom stereocenters. The highest BCUT2D eigenvalue weighted by Gasteiger charge is 2.42. The van der Waals surface area contributed by atoms with E-state index in [1.807, 2.05) is 0 Å². The minimum atomic E-state index is 0.0509. The molecule has 1 heterocycles. The molecule has 0 N–H and O–H groups in total. The minimum absolute atomic E-state index is 0.0509. The van der Waals surface area contributed by atoms with E-state index in [0.29, 0.717) is 0 Å². The summed E-state index contributed by atoms with van der Waals surface area (Å²) in [5, 5.41) is 2.52. The van der Waals surface area contributed by atoms with Crippen LogP contribution in [0.1, 0.15) is 164 Å². The van der Waals surface area contributed by atoms with Crippen molar-refractivity contribution < 1.29 is 0 Å². The smallest absolute Gasteiger partial charge is 0.0541 e. The molecule has 9 aromatic carbocycles. The van der Waals surface area contributed by atoms with Crippen LogP contribution in [0.5, 0.6) is 0 Å². The number of hydrogen-bond donors (Lipinski definition) is 0. The molecule has 0 spiro atoms. The Labute approximate surface area is 485 Å². The first-order valence-corrected chi connectivity index (χ1v) is 31.4. The van der Waals surface area contributed by atoms with Crippen LogP contribution in [0.15, 0.2) is 200 Å². The number of unbranched alkanes of at least 4 members (excludes halogenated alkanes) is 13. The molecule has 11 rings (SSSR count). The first kappa shape index (κ1) is 55.5. The van der Waals surface area contributed by atoms with E-state index in [9.17, 15) is 0 Å². The summed E-state index contributed by atoms with van der Waals surface area (Å²) < 4.78 is 2.43. The van der Waals surface area contributed by atoms with Gasteiger partial charge in [0.05, 0.1) is 11.0 Å². The fourth-order valence-corrected chi connectivity index (χ4v) is 13.5. The molecule has 0 radical (unpaired) electrons. The van der Waals surface area contributed by atoms with Crippen LogP contribution in [0.4, 0.5) is 17.1 Å². The molecular formula is C79H86N2. The zero-order chi connectivity index (χ0) is 55.5. The van der Waals surface area contributed by atoms with E-state index in [-0.39, 0.29) is 5.41 Å². The number of nitrogens with zero attached hydrogens (tertiary/aromatic N) is 2. The molecule has 0 saturated heterocycles. The van der Waals surface area contributed by atoms with Crippen LogP contribution in [-0.2, 0) is 11.8 Å². The third kappa shape index (κ3) is 12.1. The molecule has 2 heteroatoms. The highest BCUT2D eigenvalue weighted by atomic mass is 15.1. The molecule has 81 heavy (non-hydrogen) atoms. The Morgan fingerprint density at radius 3 is 1.38 bits per heavy atom. The number of aryl methyl sites for hydroxylation is 3. The van der Waals surface area contributed by atoms with Crippen LogP contribution in [0.25, 0.3) is 72.0 Å². The number of benzene rings is 9. The van der Waals surface area contributed by atoms with Gasteiger partial charge in [-0.05, 0) is 174 Å². The zero-order valence-electron chi connectivity index (χ0n) is 49.4. The van der Waals surface area contributed by atoms with Gasteiger partial charge in [-0.2, -0.15) is 0 Å². The number of aromatic nitrogens is 1. The van der Waals surface area contributed by atoms with Gasteiger partial charge in [0, 0.05) is 38.9 Å². The van der Waals surface area contributed by atoms with Gasteiger partial charge < -0.3 is 9.47 Å². The molecule has 1 aliphatic rings. The monoisotopic (exact) mass is 1060 g/mol. The highest BCUT2D eigenvalue weighted by Crippen LogP contribution is 2.55. The second-order valence-corrected chi connectivity index (χ2v) is 23.8. The summed E-state index contributed by atoms with van der Waals surface area (Å²) in [6, 6.07) is 76.5. The standard InChI is InChI=1S/C79H86N2/c1-6-9-12-15-17-22-53-79(54-23-18-16-13-10-7-2)75-55-59(5)29-50-71(75)72-51-40-66(57-76(72)79)64-38-46-69(47-39-64)80(67-42-27-58(4)28-43-67)68-44-36-63(37-45-68)65-41-52-78-74(56-65)73-25-20-21-26-77(73)81(78)70-48-34-62(35-49-70)61-32-30-60(31-33-61)24-19-14-11-8-3/h20-21,25-52,55-57H,6-19,22-24,53-54H2,1-5H3. The van der Waals surface area contributed by atoms with Crippen LogP contribution in [0, 0.1) is 13.8 Å². The first-order chi connectivity index (χ1) is 39.8. The second-order valence-electron chi connectivity index (χ2n) is 23.8. The van der Waals surface area contributed by atoms with Gasteiger partial charge in [-0.25, -0.2) is 0 Å². The lowest BCUT2D eigenvalue weighted by Crippen LogP contribution is -2.25. The topological polar surface area (TPSA) is 8.17 Å². The molecular weight excluding hydrogens is 977 g/mol. The van der Waals surface area contributed by atoms with Crippen molar-refractivity contribution in [1.82, 2.24) is 4.57 Å². The van der Waals surface area contributed by atoms with E-state index in [4.69, 9.17) is 0 Å². The predicted octanol–water partition coefficient (Wildman–Crippen LogP) is 23.8. The van der Waals surface area contributed by atoms with Gasteiger partial charge in [0.15, 0.2) is 0 Å². The Kier molecular flexibility index (Phi) is 17.8. The van der Waals surface area contributed by atoms with Crippen LogP contribution >= 0.6 is 0 Å². The molecule has 0 aliphatic heterocycles. The Morgan fingerprint density at radius 1 is 0.346 bits per heavy atom. The summed E-state index contributed by atoms with van der Waals surface area (Å²) in [6.07, 6.45) is 24.7. The molecule has 1 aromatic heterocycles. The SMILES string of the molecule is CCCCCCCCC1(CCCCCCCC)c2cc(C)ccc2-c2ccc(-c3ccc(N(c4ccc(C)cc4)c4ccc(-c5ccc6c(c5)c5ccccc5n6-c5ccc(-c6ccc(CCCCCC)cc6)cc5)cc4)cc3)cc21. The van der Waals surface area contributed by atoms with Crippen molar-refractivity contribution in [3.05, 3.63) is 228 Å². The van der Waals surface area contributed by atoms with Gasteiger partial charge in [-0.15, -0.1) is 0 Å². The third-order valence-electron chi connectivity index (χ3n) is 18.0. The highest BCUT2D eigenvalue weighted by molar-refractivity contribution is 6.10. The van der Waals surface area contributed by atoms with E-state index in [1.165, 1.54) is 204 Å². The molecule has 0 bridgehead atoms. The van der Waals surface area contributed by atoms with Gasteiger partial charge in [0.2, 0.25) is 0 Å². The quantitative estimate of drug-likeness (QED) is 0.0491. The Balaban J connectivity index is 0.867. The summed E-state index contributed by atoms with van der Waals surface area (Å²) in [5.74, 6) is 0. The summed E-state index contributed by atoms with van der Waals surface area (Å²) in [6.45, 7) is 11.4. The normalized spacial score (nSPS) is 12.6. The van der Waals surface area contributed by atoms with Gasteiger partial charge in [0.25, 0.3) is 0 Å². The Hall–Kier alpha value is -7.42. The van der Waals surface area contributed by atoms with Crippen molar-refractivity contribution in [2.24, 2.45) is 0 Å². The maximum absolute atomic E-state index is 2.60. The number of para-hydroxylation sites is 1. The van der Waals surface area contributed by atoms with E-state index in [2.05, 4.69) is 244 Å². The fraction of sp³-hybridized carbons (Fsp3) is 0.316. The largest absolute Gasteiger partial charge is 0.311 e. The molecule has 0 fully saturated rings. The lowest BCUT2D eigenvalue weighted by molar-refractivity contribution is 0.398. The van der Waals surface area contributed by atoms with Crippen LogP contribution in [-0.4, -0.2) is 4.57 Å². The van der Waals surface area contributed by atoms with E-state index in [1.54, 1.807) is 11.1 Å². The average molecular weight is 1060 g/mol. The Morgan fingerprint density at radius 2 is 0.778 bits per heavy atom. The lowest BCUT2D eigenvalue weighted by atomic mass is 9.70. The number of fused-ring (bicyclic) bond motifs is 6. The van der Waals surface area contributed by atoms with Gasteiger partial charge >= 0.3 is 0 Å². The fourth-order valence-electron chi connectivity index (χ4n) is 13.5. The third-order valence-corrected chi connectivity index (χ3v) is 18.0. The van der Waals surface area contributed by atoms with Crippen molar-refractivity contribution in [3.8, 4) is 50.2 Å². The number of rotatable bonds is 26. The zero-order valence-corrected chi connectivity index (χ0v) is 49.4. The average Bonchev–Trinajstić information content (AvgIpc) is 3.25. The lowest BCUT2D eigenvalue weighted by Gasteiger charge is -2.33. The predicted molar refractivity (Wildman–Crippen MR) is 351 cm³/mol. The van der Waals surface area contributed by atoms with Gasteiger partial charge in [0.1, 0.15) is 0 Å². The number of anilines is 3. The van der Waals surface area contributed by atoms with Crippen molar-refractivity contribution in [2.45, 2.75) is 162 Å². The molecule has 0 saturated carbocycles. The van der Waals surface area contributed by atoms with Crippen LogP contribution in [0.2, 0.25) is 0 Å². The van der Waals surface area contributed by atoms with Crippen molar-refractivity contribution in [2.75, 3.05) is 4.90 Å². The maximum atomic E-state index is 2.60. The molecule has 1 aliphatic carbocycles. The van der Waals surface area contributed by atoms with Crippen LogP contribution < -0.4 is 4.90 Å². The molecule has 0 unspecified atom stereocenters. The van der Waals surface area contributed by atoms with Crippen molar-refractivity contribution in [3.63, 3.8) is 0 Å². The summed E-state index contributed by atoms with van der Waals surface area (Å²) in [4.78, 5) is 2.41. The summed E-state index contributed by atoms with van der Waals surface area (Å²) in [5.41, 5.74) is 24.7. The number of hydrogen-bond acceptors (Lipinski definition) is 1. The van der Waals surface area contributed by atoms with Crippen LogP contribution in [0.3, 0.4) is 0 Å². The molecule has 2 nitrogen and oxygen atoms in total. The van der Waals surface area contributed by atoms with Crippen molar-refractivity contribution in [1.29, 1.82) is 0 Å².